The Morgan fingerprint density at radius 1 is 1.26 bits per heavy atom. The molecule has 236 valence electrons. The molecule has 0 radical (unpaired) electrons. The lowest BCUT2D eigenvalue weighted by atomic mass is 9.85. The van der Waals surface area contributed by atoms with Crippen molar-refractivity contribution in [1.82, 2.24) is 20.0 Å². The summed E-state index contributed by atoms with van der Waals surface area (Å²) in [5.41, 5.74) is -1.92. The number of rotatable bonds is 4. The normalized spacial score (nSPS) is 22.8. The number of hydrogen-bond acceptors (Lipinski definition) is 6. The third-order valence-electron chi connectivity index (χ3n) is 6.72. The highest BCUT2D eigenvalue weighted by atomic mass is 35.5. The standard InChI is InChI=1S/C23H26ClF3N6O3.C2HF3O2/c1-12-9-13(7-8-36-12)33-18(34)11-22(2,30-21(33)28)14-5-4-6-15(19(14)24)29-20(35)16-10-17(23(25,26)27)31-32(16)3;3-2(4,5)1(6)7/h4-6,10,12-13H,7-9,11H2,1-3H3,(H2,28,30)(H,29,35);(H,6,7)/t12-,13-,22+;/m1./s1. The Morgan fingerprint density at radius 2 is 1.88 bits per heavy atom. The number of carboxylic acid groups (broad SMARTS) is 1. The second kappa shape index (κ2) is 12.4. The lowest BCUT2D eigenvalue weighted by molar-refractivity contribution is -0.192. The molecule has 0 spiro atoms. The quantitative estimate of drug-likeness (QED) is 0.359. The molecule has 11 nitrogen and oxygen atoms in total. The number of alkyl halides is 6. The number of halogens is 7. The SMILES string of the molecule is C[C@@H]1C[C@H](N2C(=N)N[C@](C)(c3cccc(NC(=O)c4cc(C(F)(F)F)nn4C)c3Cl)CC2=O)CCO1.O=C(O)C(F)(F)F. The summed E-state index contributed by atoms with van der Waals surface area (Å²) in [7, 11) is 1.23. The van der Waals surface area contributed by atoms with E-state index in [0.29, 0.717) is 31.1 Å². The maximum atomic E-state index is 13.2. The van der Waals surface area contributed by atoms with Crippen LogP contribution in [0, 0.1) is 5.41 Å². The topological polar surface area (TPSA) is 150 Å². The van der Waals surface area contributed by atoms with E-state index < -0.39 is 35.5 Å². The summed E-state index contributed by atoms with van der Waals surface area (Å²) in [5.74, 6) is -3.87. The van der Waals surface area contributed by atoms with Crippen molar-refractivity contribution in [2.24, 2.45) is 7.05 Å². The van der Waals surface area contributed by atoms with Crippen LogP contribution in [0.3, 0.4) is 0 Å². The highest BCUT2D eigenvalue weighted by Crippen LogP contribution is 2.39. The molecular weight excluding hydrogens is 614 g/mol. The van der Waals surface area contributed by atoms with E-state index in [0.717, 1.165) is 4.68 Å². The summed E-state index contributed by atoms with van der Waals surface area (Å²) in [4.78, 5) is 36.2. The van der Waals surface area contributed by atoms with Crippen LogP contribution in [0.2, 0.25) is 5.02 Å². The van der Waals surface area contributed by atoms with Crippen molar-refractivity contribution in [3.05, 3.63) is 46.2 Å². The molecule has 0 bridgehead atoms. The molecule has 2 aliphatic heterocycles. The van der Waals surface area contributed by atoms with E-state index >= 15 is 0 Å². The first-order chi connectivity index (χ1) is 19.7. The van der Waals surface area contributed by atoms with Crippen molar-refractivity contribution in [2.45, 2.75) is 63.1 Å². The first kappa shape index (κ1) is 33.6. The van der Waals surface area contributed by atoms with Gasteiger partial charge in [-0.2, -0.15) is 31.4 Å². The van der Waals surface area contributed by atoms with Gasteiger partial charge in [0.05, 0.1) is 28.8 Å². The van der Waals surface area contributed by atoms with Crippen LogP contribution in [0.4, 0.5) is 32.0 Å². The van der Waals surface area contributed by atoms with Gasteiger partial charge >= 0.3 is 18.3 Å². The minimum atomic E-state index is -5.08. The van der Waals surface area contributed by atoms with Crippen LogP contribution in [-0.2, 0) is 33.1 Å². The third-order valence-corrected chi connectivity index (χ3v) is 7.13. The molecule has 1 aromatic carbocycles. The molecule has 1 aromatic heterocycles. The van der Waals surface area contributed by atoms with Gasteiger partial charge in [-0.05, 0) is 38.3 Å². The Bertz CT molecular complexity index is 1390. The molecule has 0 saturated carbocycles. The number of aryl methyl sites for hydroxylation is 1. The molecule has 3 heterocycles. The molecule has 2 amide bonds. The maximum absolute atomic E-state index is 13.2. The summed E-state index contributed by atoms with van der Waals surface area (Å²) in [6.07, 6.45) is -8.53. The number of guanidine groups is 1. The molecular formula is C25H27ClF6N6O5. The largest absolute Gasteiger partial charge is 0.490 e. The van der Waals surface area contributed by atoms with Gasteiger partial charge in [-0.25, -0.2) is 4.79 Å². The number of amides is 2. The van der Waals surface area contributed by atoms with Gasteiger partial charge in [0.1, 0.15) is 5.69 Å². The number of aromatic nitrogens is 2. The van der Waals surface area contributed by atoms with Crippen molar-refractivity contribution in [2.75, 3.05) is 11.9 Å². The van der Waals surface area contributed by atoms with Crippen molar-refractivity contribution in [3.8, 4) is 0 Å². The molecule has 2 fully saturated rings. The van der Waals surface area contributed by atoms with Crippen LogP contribution < -0.4 is 10.6 Å². The van der Waals surface area contributed by atoms with Gasteiger partial charge in [-0.15, -0.1) is 0 Å². The summed E-state index contributed by atoms with van der Waals surface area (Å²) in [5, 5.41) is 24.7. The van der Waals surface area contributed by atoms with Gasteiger partial charge in [0.25, 0.3) is 5.91 Å². The number of carbonyl (C=O) groups is 3. The van der Waals surface area contributed by atoms with Crippen LogP contribution in [-0.4, -0.2) is 68.5 Å². The zero-order valence-electron chi connectivity index (χ0n) is 22.9. The number of nitrogens with one attached hydrogen (secondary N) is 3. The van der Waals surface area contributed by atoms with Gasteiger partial charge in [-0.3, -0.25) is 24.6 Å². The zero-order chi connectivity index (χ0) is 32.5. The first-order valence-electron chi connectivity index (χ1n) is 12.6. The summed E-state index contributed by atoms with van der Waals surface area (Å²) in [6.45, 7) is 4.17. The number of carbonyl (C=O) groups excluding carboxylic acids is 2. The molecule has 18 heteroatoms. The monoisotopic (exact) mass is 640 g/mol. The molecule has 0 unspecified atom stereocenters. The van der Waals surface area contributed by atoms with Gasteiger partial charge in [0.2, 0.25) is 5.91 Å². The van der Waals surface area contributed by atoms with Crippen LogP contribution in [0.5, 0.6) is 0 Å². The number of nitrogens with zero attached hydrogens (tertiary/aromatic N) is 3. The summed E-state index contributed by atoms with van der Waals surface area (Å²) in [6, 6.07) is 5.29. The van der Waals surface area contributed by atoms with E-state index in [9.17, 15) is 35.9 Å². The predicted molar refractivity (Wildman–Crippen MR) is 139 cm³/mol. The fraction of sp³-hybridized carbons (Fsp3) is 0.480. The van der Waals surface area contributed by atoms with E-state index in [1.807, 2.05) is 6.92 Å². The molecule has 3 atom stereocenters. The van der Waals surface area contributed by atoms with Crippen molar-refractivity contribution in [1.29, 1.82) is 5.41 Å². The number of benzene rings is 1. The van der Waals surface area contributed by atoms with Gasteiger partial charge in [0, 0.05) is 25.8 Å². The van der Waals surface area contributed by atoms with E-state index in [4.69, 9.17) is 31.6 Å². The molecule has 4 N–H and O–H groups in total. The summed E-state index contributed by atoms with van der Waals surface area (Å²) < 4.78 is 77.1. The van der Waals surface area contributed by atoms with Gasteiger partial charge in [0.15, 0.2) is 11.7 Å². The fourth-order valence-corrected chi connectivity index (χ4v) is 5.08. The molecule has 43 heavy (non-hydrogen) atoms. The molecule has 2 saturated heterocycles. The smallest absolute Gasteiger partial charge is 0.475 e. The third kappa shape index (κ3) is 7.76. The predicted octanol–water partition coefficient (Wildman–Crippen LogP) is 4.52. The Balaban J connectivity index is 0.000000646. The minimum absolute atomic E-state index is 0.00884. The lowest BCUT2D eigenvalue weighted by Crippen LogP contribution is -2.63. The number of hydrogen-bond donors (Lipinski definition) is 4. The fourth-order valence-electron chi connectivity index (χ4n) is 4.69. The van der Waals surface area contributed by atoms with E-state index in [1.54, 1.807) is 19.1 Å². The number of anilines is 1. The van der Waals surface area contributed by atoms with Crippen molar-refractivity contribution >= 4 is 41.0 Å². The van der Waals surface area contributed by atoms with Gasteiger partial charge in [-0.1, -0.05) is 23.7 Å². The Hall–Kier alpha value is -3.86. The molecule has 2 aromatic rings. The second-order valence-electron chi connectivity index (χ2n) is 10.1. The number of carboxylic acids is 1. The molecule has 2 aliphatic rings. The maximum Gasteiger partial charge on any atom is 0.490 e. The Labute approximate surface area is 245 Å². The van der Waals surface area contributed by atoms with Crippen molar-refractivity contribution in [3.63, 3.8) is 0 Å². The van der Waals surface area contributed by atoms with Crippen LogP contribution >= 0.6 is 11.6 Å². The van der Waals surface area contributed by atoms with E-state index in [2.05, 4.69) is 15.7 Å². The molecule has 4 rings (SSSR count). The number of aliphatic carboxylic acids is 1. The highest BCUT2D eigenvalue weighted by Gasteiger charge is 2.44. The lowest BCUT2D eigenvalue weighted by Gasteiger charge is -2.45. The Kier molecular flexibility index (Phi) is 9.70. The van der Waals surface area contributed by atoms with Crippen LogP contribution in [0.15, 0.2) is 24.3 Å². The highest BCUT2D eigenvalue weighted by molar-refractivity contribution is 6.35. The average molecular weight is 641 g/mol. The van der Waals surface area contributed by atoms with Gasteiger partial charge < -0.3 is 20.5 Å². The zero-order valence-corrected chi connectivity index (χ0v) is 23.6. The van der Waals surface area contributed by atoms with Crippen LogP contribution in [0.25, 0.3) is 0 Å². The Morgan fingerprint density at radius 3 is 2.40 bits per heavy atom. The van der Waals surface area contributed by atoms with E-state index in [1.165, 1.54) is 18.0 Å². The van der Waals surface area contributed by atoms with E-state index in [-0.39, 0.29) is 46.8 Å². The summed E-state index contributed by atoms with van der Waals surface area (Å²) >= 11 is 6.61. The number of ether oxygens (including phenoxy) is 1. The first-order valence-corrected chi connectivity index (χ1v) is 12.9. The second-order valence-corrected chi connectivity index (χ2v) is 10.4. The average Bonchev–Trinajstić information content (AvgIpc) is 3.27. The molecule has 0 aliphatic carbocycles. The minimum Gasteiger partial charge on any atom is -0.475 e. The van der Waals surface area contributed by atoms with Crippen LogP contribution in [0.1, 0.15) is 54.9 Å². The van der Waals surface area contributed by atoms with Crippen molar-refractivity contribution < 1.29 is 50.6 Å².